The van der Waals surface area contributed by atoms with E-state index in [1.165, 1.54) is 25.1 Å². The van der Waals surface area contributed by atoms with E-state index in [0.29, 0.717) is 5.02 Å². The number of halogens is 2. The van der Waals surface area contributed by atoms with Gasteiger partial charge in [0.15, 0.2) is 0 Å². The summed E-state index contributed by atoms with van der Waals surface area (Å²) in [7, 11) is -3.66. The molecule has 19 heavy (non-hydrogen) atoms. The largest absolute Gasteiger partial charge is 0.293 e. The van der Waals surface area contributed by atoms with Gasteiger partial charge in [0, 0.05) is 5.02 Å². The van der Waals surface area contributed by atoms with E-state index in [1.807, 2.05) is 5.43 Å². The second-order valence-electron chi connectivity index (χ2n) is 3.57. The molecule has 0 bridgehead atoms. The lowest BCUT2D eigenvalue weighted by atomic mass is 10.3. The van der Waals surface area contributed by atoms with Gasteiger partial charge in [-0.3, -0.25) is 14.5 Å². The zero-order chi connectivity index (χ0) is 14.6. The molecule has 0 aliphatic carbocycles. The number of benzene rings is 1. The summed E-state index contributed by atoms with van der Waals surface area (Å²) in [4.78, 5) is 11.3. The van der Waals surface area contributed by atoms with Gasteiger partial charge in [0.1, 0.15) is 6.54 Å². The molecule has 1 amide bonds. The van der Waals surface area contributed by atoms with Crippen molar-refractivity contribution in [3.63, 3.8) is 0 Å². The van der Waals surface area contributed by atoms with Crippen LogP contribution in [0.25, 0.3) is 0 Å². The molecular formula is C10H13Cl2N3O3S. The number of carbonyl (C=O) groups excluding carboxylic acids is 1. The normalized spacial score (nSPS) is 11.2. The van der Waals surface area contributed by atoms with E-state index in [4.69, 9.17) is 29.0 Å². The van der Waals surface area contributed by atoms with E-state index >= 15 is 0 Å². The number of hydrogen-bond acceptors (Lipinski definition) is 4. The van der Waals surface area contributed by atoms with Gasteiger partial charge in [-0.1, -0.05) is 23.2 Å². The van der Waals surface area contributed by atoms with E-state index in [9.17, 15) is 13.2 Å². The van der Waals surface area contributed by atoms with Crippen LogP contribution < -0.4 is 15.6 Å². The third kappa shape index (κ3) is 3.97. The first-order chi connectivity index (χ1) is 8.81. The number of hydrazine groups is 1. The Bertz CT molecular complexity index is 577. The van der Waals surface area contributed by atoms with Gasteiger partial charge >= 0.3 is 0 Å². The number of nitrogens with one attached hydrogen (secondary N) is 1. The Kier molecular flexibility index (Phi) is 5.42. The van der Waals surface area contributed by atoms with Crippen LogP contribution in [0, 0.1) is 0 Å². The first-order valence-corrected chi connectivity index (χ1v) is 7.63. The van der Waals surface area contributed by atoms with Gasteiger partial charge in [-0.25, -0.2) is 14.3 Å². The van der Waals surface area contributed by atoms with Crippen LogP contribution >= 0.6 is 23.2 Å². The van der Waals surface area contributed by atoms with Gasteiger partial charge < -0.3 is 0 Å². The Morgan fingerprint density at radius 2 is 2.05 bits per heavy atom. The van der Waals surface area contributed by atoms with Crippen molar-refractivity contribution in [3.8, 4) is 0 Å². The van der Waals surface area contributed by atoms with Gasteiger partial charge in [0.05, 0.1) is 16.5 Å². The number of carbonyl (C=O) groups is 1. The highest BCUT2D eigenvalue weighted by atomic mass is 35.5. The van der Waals surface area contributed by atoms with Crippen LogP contribution in [0.1, 0.15) is 6.92 Å². The Morgan fingerprint density at radius 1 is 1.42 bits per heavy atom. The minimum absolute atomic E-state index is 0.134. The van der Waals surface area contributed by atoms with E-state index < -0.39 is 22.5 Å². The molecule has 0 aliphatic heterocycles. The van der Waals surface area contributed by atoms with Crippen LogP contribution in [0.4, 0.5) is 5.69 Å². The Hall–Kier alpha value is -1.02. The van der Waals surface area contributed by atoms with Crippen LogP contribution in [0.3, 0.4) is 0 Å². The highest BCUT2D eigenvalue weighted by Gasteiger charge is 2.25. The number of sulfonamides is 1. The number of rotatable bonds is 5. The molecule has 0 saturated heterocycles. The molecule has 3 N–H and O–H groups in total. The zero-order valence-corrected chi connectivity index (χ0v) is 12.4. The smallest absolute Gasteiger partial charge is 0.254 e. The fraction of sp³-hybridized carbons (Fsp3) is 0.300. The summed E-state index contributed by atoms with van der Waals surface area (Å²) in [6.45, 7) is 1.01. The average Bonchev–Trinajstić information content (AvgIpc) is 2.36. The highest BCUT2D eigenvalue weighted by Crippen LogP contribution is 2.30. The molecule has 6 nitrogen and oxygen atoms in total. The molecule has 0 radical (unpaired) electrons. The van der Waals surface area contributed by atoms with E-state index in [1.54, 1.807) is 0 Å². The molecule has 0 saturated carbocycles. The molecule has 1 rings (SSSR count). The molecule has 0 aliphatic rings. The summed E-state index contributed by atoms with van der Waals surface area (Å²) in [6.07, 6.45) is 0. The lowest BCUT2D eigenvalue weighted by Crippen LogP contribution is -2.43. The minimum atomic E-state index is -3.66. The third-order valence-corrected chi connectivity index (χ3v) is 4.59. The van der Waals surface area contributed by atoms with Crippen molar-refractivity contribution < 1.29 is 13.2 Å². The first kappa shape index (κ1) is 16.0. The van der Waals surface area contributed by atoms with Crippen molar-refractivity contribution in [2.45, 2.75) is 6.92 Å². The van der Waals surface area contributed by atoms with Crippen molar-refractivity contribution >= 4 is 44.8 Å². The standard InChI is InChI=1S/C10H13Cl2N3O3S/c1-2-19(17,18)15(6-10(16)14-13)9-4-3-7(11)5-8(9)12/h3-5H,2,6,13H2,1H3,(H,14,16). The van der Waals surface area contributed by atoms with Crippen LogP contribution in [-0.4, -0.2) is 26.6 Å². The maximum Gasteiger partial charge on any atom is 0.254 e. The quantitative estimate of drug-likeness (QED) is 0.482. The summed E-state index contributed by atoms with van der Waals surface area (Å²) in [6, 6.07) is 4.32. The van der Waals surface area contributed by atoms with E-state index in [-0.39, 0.29) is 16.5 Å². The fourth-order valence-electron chi connectivity index (χ4n) is 1.35. The van der Waals surface area contributed by atoms with Crippen molar-refractivity contribution in [3.05, 3.63) is 28.2 Å². The number of hydrogen-bond donors (Lipinski definition) is 2. The second kappa shape index (κ2) is 6.42. The van der Waals surface area contributed by atoms with Gasteiger partial charge in [-0.15, -0.1) is 0 Å². The van der Waals surface area contributed by atoms with Crippen molar-refractivity contribution in [1.82, 2.24) is 5.43 Å². The molecule has 0 heterocycles. The summed E-state index contributed by atoms with van der Waals surface area (Å²) < 4.78 is 24.9. The van der Waals surface area contributed by atoms with Gasteiger partial charge in [0.25, 0.3) is 5.91 Å². The van der Waals surface area contributed by atoms with Crippen LogP contribution in [0.2, 0.25) is 10.0 Å². The Labute approximate surface area is 121 Å². The summed E-state index contributed by atoms with van der Waals surface area (Å²) in [5.41, 5.74) is 2.06. The van der Waals surface area contributed by atoms with Crippen molar-refractivity contribution in [2.24, 2.45) is 5.84 Å². The maximum atomic E-state index is 12.0. The van der Waals surface area contributed by atoms with Crippen LogP contribution in [0.5, 0.6) is 0 Å². The molecule has 9 heteroatoms. The topological polar surface area (TPSA) is 92.5 Å². The Balaban J connectivity index is 3.27. The zero-order valence-electron chi connectivity index (χ0n) is 10.1. The Morgan fingerprint density at radius 3 is 2.53 bits per heavy atom. The molecule has 0 unspecified atom stereocenters. The summed E-state index contributed by atoms with van der Waals surface area (Å²) in [5, 5.41) is 0.500. The number of amides is 1. The minimum Gasteiger partial charge on any atom is -0.293 e. The SMILES string of the molecule is CCS(=O)(=O)N(CC(=O)NN)c1ccc(Cl)cc1Cl. The molecule has 0 fully saturated rings. The second-order valence-corrected chi connectivity index (χ2v) is 6.60. The monoisotopic (exact) mass is 325 g/mol. The third-order valence-electron chi connectivity index (χ3n) is 2.33. The van der Waals surface area contributed by atoms with E-state index in [2.05, 4.69) is 0 Å². The molecule has 0 atom stereocenters. The fourth-order valence-corrected chi connectivity index (χ4v) is 2.99. The predicted octanol–water partition coefficient (Wildman–Crippen LogP) is 1.14. The predicted molar refractivity (Wildman–Crippen MR) is 75.6 cm³/mol. The summed E-state index contributed by atoms with van der Waals surface area (Å²) >= 11 is 11.7. The molecule has 0 spiro atoms. The van der Waals surface area contributed by atoms with Crippen LogP contribution in [-0.2, 0) is 14.8 Å². The molecule has 106 valence electrons. The van der Waals surface area contributed by atoms with Gasteiger partial charge in [0.2, 0.25) is 10.0 Å². The molecular weight excluding hydrogens is 313 g/mol. The maximum absolute atomic E-state index is 12.0. The molecule has 0 aromatic heterocycles. The van der Waals surface area contributed by atoms with Crippen molar-refractivity contribution in [1.29, 1.82) is 0 Å². The molecule has 1 aromatic rings. The number of nitrogens with two attached hydrogens (primary N) is 1. The average molecular weight is 326 g/mol. The molecule has 1 aromatic carbocycles. The van der Waals surface area contributed by atoms with Crippen LogP contribution in [0.15, 0.2) is 18.2 Å². The van der Waals surface area contributed by atoms with E-state index in [0.717, 1.165) is 4.31 Å². The lowest BCUT2D eigenvalue weighted by molar-refractivity contribution is -0.119. The highest BCUT2D eigenvalue weighted by molar-refractivity contribution is 7.92. The van der Waals surface area contributed by atoms with Crippen molar-refractivity contribution in [2.75, 3.05) is 16.6 Å². The number of anilines is 1. The number of nitrogens with zero attached hydrogens (tertiary/aromatic N) is 1. The summed E-state index contributed by atoms with van der Waals surface area (Å²) in [5.74, 6) is 4.14. The van der Waals surface area contributed by atoms with Gasteiger partial charge in [-0.2, -0.15) is 0 Å². The first-order valence-electron chi connectivity index (χ1n) is 5.26. The van der Waals surface area contributed by atoms with Gasteiger partial charge in [-0.05, 0) is 25.1 Å². The lowest BCUT2D eigenvalue weighted by Gasteiger charge is -2.23.